The molecular weight excluding hydrogens is 785 g/mol. The van der Waals surface area contributed by atoms with Crippen LogP contribution in [0.1, 0.15) is 74.2 Å². The van der Waals surface area contributed by atoms with E-state index in [1.165, 1.54) is 17.7 Å². The van der Waals surface area contributed by atoms with Gasteiger partial charge < -0.3 is 23.8 Å². The zero-order valence-electron chi connectivity index (χ0n) is 34.9. The molecule has 2 amide bonds. The van der Waals surface area contributed by atoms with Gasteiger partial charge in [0.1, 0.15) is 0 Å². The first-order chi connectivity index (χ1) is 30.2. The van der Waals surface area contributed by atoms with Gasteiger partial charge in [-0.25, -0.2) is 4.68 Å². The fourth-order valence-corrected chi connectivity index (χ4v) is 9.16. The second-order valence-corrected chi connectivity index (χ2v) is 16.4. The number of morpholine rings is 1. The molecule has 1 unspecified atom stereocenters. The number of rotatable bonds is 10. The molecule has 4 aromatic carbocycles. The summed E-state index contributed by atoms with van der Waals surface area (Å²) >= 11 is 0. The van der Waals surface area contributed by atoms with Crippen LogP contribution < -0.4 is 4.90 Å². The summed E-state index contributed by atoms with van der Waals surface area (Å²) in [4.78, 5) is 47.9. The molecule has 2 aromatic heterocycles. The number of aromatic nitrogens is 3. The first-order valence-electron chi connectivity index (χ1n) is 21.2. The van der Waals surface area contributed by atoms with E-state index in [1.807, 2.05) is 69.6 Å². The fourth-order valence-electron chi connectivity index (χ4n) is 9.16. The maximum absolute atomic E-state index is 15.1. The predicted molar refractivity (Wildman–Crippen MR) is 234 cm³/mol. The van der Waals surface area contributed by atoms with Gasteiger partial charge in [-0.3, -0.25) is 24.6 Å². The van der Waals surface area contributed by atoms with Crippen molar-refractivity contribution in [2.45, 2.75) is 58.0 Å². The van der Waals surface area contributed by atoms with Crippen molar-refractivity contribution >= 4 is 34.1 Å². The van der Waals surface area contributed by atoms with E-state index in [4.69, 9.17) is 9.47 Å². The molecule has 0 saturated carbocycles. The Morgan fingerprint density at radius 1 is 0.952 bits per heavy atom. The lowest BCUT2D eigenvalue weighted by Gasteiger charge is -2.40. The van der Waals surface area contributed by atoms with Gasteiger partial charge in [0.15, 0.2) is 6.23 Å². The van der Waals surface area contributed by atoms with Crippen LogP contribution in [-0.2, 0) is 36.0 Å². The summed E-state index contributed by atoms with van der Waals surface area (Å²) < 4.78 is 15.4. The van der Waals surface area contributed by atoms with E-state index in [0.29, 0.717) is 84.2 Å². The summed E-state index contributed by atoms with van der Waals surface area (Å²) in [6.45, 7) is 6.48. The maximum atomic E-state index is 15.1. The number of nitriles is 1. The van der Waals surface area contributed by atoms with Crippen molar-refractivity contribution in [2.75, 3.05) is 44.4 Å². The van der Waals surface area contributed by atoms with Gasteiger partial charge in [-0.05, 0) is 85.7 Å². The summed E-state index contributed by atoms with van der Waals surface area (Å²) in [5.41, 5.74) is 6.83. The second-order valence-electron chi connectivity index (χ2n) is 16.4. The Bertz CT molecular complexity index is 2720. The van der Waals surface area contributed by atoms with E-state index in [0.717, 1.165) is 48.8 Å². The summed E-state index contributed by atoms with van der Waals surface area (Å²) in [7, 11) is 1.80. The Kier molecular flexibility index (Phi) is 11.4. The van der Waals surface area contributed by atoms with Crippen molar-refractivity contribution in [1.29, 1.82) is 5.26 Å². The average Bonchev–Trinajstić information content (AvgIpc) is 3.87. The third-order valence-electron chi connectivity index (χ3n) is 12.7. The minimum absolute atomic E-state index is 0.0964. The van der Waals surface area contributed by atoms with E-state index < -0.39 is 4.92 Å². The van der Waals surface area contributed by atoms with Gasteiger partial charge in [0.05, 0.1) is 53.6 Å². The summed E-state index contributed by atoms with van der Waals surface area (Å²) in [5.74, 6) is -0.576. The minimum atomic E-state index is -0.467. The van der Waals surface area contributed by atoms with E-state index in [2.05, 4.69) is 22.1 Å². The highest BCUT2D eigenvalue weighted by Crippen LogP contribution is 2.36. The highest BCUT2D eigenvalue weighted by molar-refractivity contribution is 6.09. The van der Waals surface area contributed by atoms with Crippen LogP contribution in [0, 0.1) is 28.4 Å². The van der Waals surface area contributed by atoms with Crippen LogP contribution in [0.25, 0.3) is 22.2 Å². The van der Waals surface area contributed by atoms with Gasteiger partial charge in [0.25, 0.3) is 17.5 Å². The molecule has 0 spiro atoms. The van der Waals surface area contributed by atoms with Gasteiger partial charge in [-0.15, -0.1) is 0 Å². The van der Waals surface area contributed by atoms with Crippen molar-refractivity contribution in [2.24, 2.45) is 7.05 Å². The number of fused-ring (bicyclic) bond motifs is 2. The fraction of sp³-hybridized carbons (Fsp3) is 0.333. The number of hydrogen-bond donors (Lipinski definition) is 0. The zero-order valence-corrected chi connectivity index (χ0v) is 34.9. The smallest absolute Gasteiger partial charge is 0.270 e. The largest absolute Gasteiger partial charge is 0.379 e. The number of nitro benzene ring substituents is 1. The molecule has 3 aliphatic rings. The molecule has 3 aliphatic heterocycles. The van der Waals surface area contributed by atoms with Crippen molar-refractivity contribution < 1.29 is 24.0 Å². The quantitative estimate of drug-likeness (QED) is 0.101. The summed E-state index contributed by atoms with van der Waals surface area (Å²) in [6.07, 6.45) is 5.23. The van der Waals surface area contributed by atoms with Crippen LogP contribution in [0.3, 0.4) is 0 Å². The molecule has 14 nitrogen and oxygen atoms in total. The van der Waals surface area contributed by atoms with Crippen LogP contribution >= 0.6 is 0 Å². The molecular formula is C48H48N8O6. The molecule has 0 aliphatic carbocycles. The van der Waals surface area contributed by atoms with Gasteiger partial charge in [0.2, 0.25) is 0 Å². The van der Waals surface area contributed by atoms with E-state index in [-0.39, 0.29) is 36.3 Å². The predicted octanol–water partition coefficient (Wildman–Crippen LogP) is 7.58. The summed E-state index contributed by atoms with van der Waals surface area (Å²) in [5, 5.41) is 27.8. The number of benzene rings is 4. The van der Waals surface area contributed by atoms with E-state index >= 15 is 9.59 Å². The Morgan fingerprint density at radius 2 is 1.74 bits per heavy atom. The van der Waals surface area contributed by atoms with Crippen LogP contribution in [-0.4, -0.2) is 86.4 Å². The maximum Gasteiger partial charge on any atom is 0.270 e. The summed E-state index contributed by atoms with van der Waals surface area (Å²) in [6, 6.07) is 29.3. The van der Waals surface area contributed by atoms with Crippen LogP contribution in [0.4, 0.5) is 11.4 Å². The third-order valence-corrected chi connectivity index (χ3v) is 12.7. The number of carbonyl (C=O) groups is 2. The van der Waals surface area contributed by atoms with Crippen LogP contribution in [0.15, 0.2) is 97.2 Å². The molecule has 0 N–H and O–H groups in total. The molecule has 2 fully saturated rings. The van der Waals surface area contributed by atoms with Crippen LogP contribution in [0.5, 0.6) is 0 Å². The molecule has 6 aromatic rings. The van der Waals surface area contributed by atoms with Crippen molar-refractivity contribution in [3.05, 3.63) is 146 Å². The molecule has 2 saturated heterocycles. The number of amides is 2. The van der Waals surface area contributed by atoms with Crippen LogP contribution in [0.2, 0.25) is 0 Å². The van der Waals surface area contributed by atoms with Crippen molar-refractivity contribution in [3.63, 3.8) is 0 Å². The number of nitro groups is 1. The van der Waals surface area contributed by atoms with Gasteiger partial charge in [-0.1, -0.05) is 42.5 Å². The lowest BCUT2D eigenvalue weighted by Crippen LogP contribution is -2.52. The molecule has 14 heteroatoms. The van der Waals surface area contributed by atoms with E-state index in [9.17, 15) is 15.4 Å². The van der Waals surface area contributed by atoms with Gasteiger partial charge in [0, 0.05) is 91.6 Å². The standard InChI is InChI=1S/C48H48N8O6/c1-32-42(48(58)53(30-36-12-6-4-10-34(36)27-49)38-15-17-44-37(24-38)28-50-55(44)46-13-7-8-20-62-46)26-45(51(32)2)43-25-39(56(59)60)14-16-41(43)47(57)54-29-35-11-5-3-9-33(35)23-40(54)31-52-18-21-61-22-19-52/h3-6,9-12,14-17,24-26,28,40,46H,7-8,13,18-23,29-31H2,1-2H3/t40-,46?/m1/s1. The normalized spacial score (nSPS) is 18.0. The zero-order chi connectivity index (χ0) is 42.9. The molecule has 0 bridgehead atoms. The Hall–Kier alpha value is -6.66. The third kappa shape index (κ3) is 7.86. The molecule has 2 atom stereocenters. The molecule has 9 rings (SSSR count). The second kappa shape index (κ2) is 17.4. The SMILES string of the molecule is Cc1c(C(=O)N(Cc2ccccc2C#N)c2ccc3c(cnn3C3CCCCO3)c2)cc(-c2cc([N+](=O)[O-])ccc2C(=O)N2Cc3ccccc3C[C@@H]2CN2CCOCC2)n1C. The number of carbonyl (C=O) groups excluding carboxylic acids is 2. The monoisotopic (exact) mass is 832 g/mol. The molecule has 0 radical (unpaired) electrons. The lowest BCUT2D eigenvalue weighted by atomic mass is 9.92. The first kappa shape index (κ1) is 40.7. The molecule has 316 valence electrons. The number of non-ortho nitro benzene ring substituents is 1. The lowest BCUT2D eigenvalue weighted by molar-refractivity contribution is -0.384. The first-order valence-corrected chi connectivity index (χ1v) is 21.2. The highest BCUT2D eigenvalue weighted by Gasteiger charge is 2.35. The molecule has 5 heterocycles. The topological polar surface area (TPSA) is 152 Å². The van der Waals surface area contributed by atoms with Crippen molar-refractivity contribution in [1.82, 2.24) is 24.1 Å². The highest BCUT2D eigenvalue weighted by atomic mass is 16.6. The van der Waals surface area contributed by atoms with Gasteiger partial charge >= 0.3 is 0 Å². The van der Waals surface area contributed by atoms with Gasteiger partial charge in [-0.2, -0.15) is 10.4 Å². The van der Waals surface area contributed by atoms with E-state index in [1.54, 1.807) is 42.4 Å². The average molecular weight is 833 g/mol. The number of ether oxygens (including phenoxy) is 2. The molecule has 62 heavy (non-hydrogen) atoms. The Labute approximate surface area is 359 Å². The Balaban J connectivity index is 1.11. The number of anilines is 1. The number of hydrogen-bond acceptors (Lipinski definition) is 9. The Morgan fingerprint density at radius 3 is 2.52 bits per heavy atom. The number of nitrogens with zero attached hydrogens (tertiary/aromatic N) is 8. The van der Waals surface area contributed by atoms with Crippen molar-refractivity contribution in [3.8, 4) is 17.3 Å². The minimum Gasteiger partial charge on any atom is -0.379 e.